The molecule has 0 aliphatic rings. The summed E-state index contributed by atoms with van der Waals surface area (Å²) in [5, 5.41) is 8.69. The van der Waals surface area contributed by atoms with Gasteiger partial charge in [0.15, 0.2) is 17.5 Å². The molecule has 1 heterocycles. The number of para-hydroxylation sites is 2. The standard InChI is InChI=1S/C18H25N3O2S/c1-14(23-17-9-5-4-8-16(17)22-3)13-21-18(19-2)20-11-10-15-7-6-12-24-15/h4-9,12,14H,10-11,13H2,1-3H3,(H2,19,20,21). The largest absolute Gasteiger partial charge is 0.493 e. The maximum absolute atomic E-state index is 5.93. The second-order valence-electron chi connectivity index (χ2n) is 5.29. The molecular formula is C18H25N3O2S. The van der Waals surface area contributed by atoms with Gasteiger partial charge in [-0.25, -0.2) is 0 Å². The van der Waals surface area contributed by atoms with Crippen molar-refractivity contribution in [3.05, 3.63) is 46.7 Å². The van der Waals surface area contributed by atoms with Crippen LogP contribution in [0.4, 0.5) is 0 Å². The molecule has 1 aromatic carbocycles. The van der Waals surface area contributed by atoms with Crippen LogP contribution in [0.1, 0.15) is 11.8 Å². The topological polar surface area (TPSA) is 54.9 Å². The van der Waals surface area contributed by atoms with Crippen molar-refractivity contribution in [2.24, 2.45) is 4.99 Å². The molecule has 0 spiro atoms. The molecule has 6 heteroatoms. The third kappa shape index (κ3) is 5.77. The Bertz CT molecular complexity index is 629. The Morgan fingerprint density at radius 2 is 1.96 bits per heavy atom. The fraction of sp³-hybridized carbons (Fsp3) is 0.389. The summed E-state index contributed by atoms with van der Waals surface area (Å²) in [5.41, 5.74) is 0. The summed E-state index contributed by atoms with van der Waals surface area (Å²) < 4.78 is 11.2. The van der Waals surface area contributed by atoms with Crippen molar-refractivity contribution in [3.8, 4) is 11.5 Å². The van der Waals surface area contributed by atoms with E-state index in [0.29, 0.717) is 6.54 Å². The van der Waals surface area contributed by atoms with Crippen LogP contribution in [0.15, 0.2) is 46.8 Å². The average Bonchev–Trinajstić information content (AvgIpc) is 3.11. The number of ether oxygens (including phenoxy) is 2. The van der Waals surface area contributed by atoms with Gasteiger partial charge in [0.2, 0.25) is 0 Å². The van der Waals surface area contributed by atoms with Gasteiger partial charge in [0, 0.05) is 18.5 Å². The van der Waals surface area contributed by atoms with Crippen LogP contribution in [0, 0.1) is 0 Å². The number of aliphatic imine (C=N–C) groups is 1. The summed E-state index contributed by atoms with van der Waals surface area (Å²) in [7, 11) is 3.41. The number of thiophene rings is 1. The molecule has 0 saturated carbocycles. The number of nitrogens with zero attached hydrogens (tertiary/aromatic N) is 1. The summed E-state index contributed by atoms with van der Waals surface area (Å²) >= 11 is 1.77. The van der Waals surface area contributed by atoms with Crippen molar-refractivity contribution >= 4 is 17.3 Å². The number of benzene rings is 1. The number of methoxy groups -OCH3 is 1. The zero-order chi connectivity index (χ0) is 17.2. The number of nitrogens with one attached hydrogen (secondary N) is 2. The van der Waals surface area contributed by atoms with Crippen LogP contribution in [-0.4, -0.2) is 39.3 Å². The Hall–Kier alpha value is -2.21. The Balaban J connectivity index is 1.73. The molecule has 130 valence electrons. The van der Waals surface area contributed by atoms with Crippen molar-refractivity contribution in [3.63, 3.8) is 0 Å². The van der Waals surface area contributed by atoms with Crippen LogP contribution in [-0.2, 0) is 6.42 Å². The number of hydrogen-bond acceptors (Lipinski definition) is 4. The molecule has 5 nitrogen and oxygen atoms in total. The Morgan fingerprint density at radius 3 is 2.62 bits per heavy atom. The van der Waals surface area contributed by atoms with Gasteiger partial charge in [-0.05, 0) is 36.9 Å². The molecule has 0 amide bonds. The first-order valence-corrected chi connectivity index (χ1v) is 8.87. The van der Waals surface area contributed by atoms with Gasteiger partial charge < -0.3 is 20.1 Å². The summed E-state index contributed by atoms with van der Waals surface area (Å²) in [6.45, 7) is 3.51. The van der Waals surface area contributed by atoms with E-state index in [1.165, 1.54) is 4.88 Å². The van der Waals surface area contributed by atoms with Gasteiger partial charge in [-0.15, -0.1) is 11.3 Å². The van der Waals surface area contributed by atoms with E-state index in [1.54, 1.807) is 25.5 Å². The van der Waals surface area contributed by atoms with Gasteiger partial charge in [-0.1, -0.05) is 18.2 Å². The molecule has 1 atom stereocenters. The lowest BCUT2D eigenvalue weighted by molar-refractivity contribution is 0.213. The lowest BCUT2D eigenvalue weighted by Crippen LogP contribution is -2.42. The quantitative estimate of drug-likeness (QED) is 0.569. The Morgan fingerprint density at radius 1 is 1.17 bits per heavy atom. The third-order valence-corrected chi connectivity index (χ3v) is 4.36. The summed E-state index contributed by atoms with van der Waals surface area (Å²) in [4.78, 5) is 5.60. The second kappa shape index (κ2) is 9.82. The smallest absolute Gasteiger partial charge is 0.191 e. The Labute approximate surface area is 147 Å². The number of hydrogen-bond donors (Lipinski definition) is 2. The third-order valence-electron chi connectivity index (χ3n) is 3.42. The van der Waals surface area contributed by atoms with Crippen molar-refractivity contribution in [2.75, 3.05) is 27.2 Å². The van der Waals surface area contributed by atoms with E-state index in [1.807, 2.05) is 31.2 Å². The summed E-state index contributed by atoms with van der Waals surface area (Å²) in [6, 6.07) is 11.9. The van der Waals surface area contributed by atoms with E-state index in [0.717, 1.165) is 30.4 Å². The minimum atomic E-state index is -0.0165. The van der Waals surface area contributed by atoms with Gasteiger partial charge >= 0.3 is 0 Å². The second-order valence-corrected chi connectivity index (χ2v) is 6.32. The predicted molar refractivity (Wildman–Crippen MR) is 100 cm³/mol. The molecule has 0 aliphatic heterocycles. The Kier molecular flexibility index (Phi) is 7.42. The highest BCUT2D eigenvalue weighted by Gasteiger charge is 2.09. The van der Waals surface area contributed by atoms with E-state index in [-0.39, 0.29) is 6.10 Å². The van der Waals surface area contributed by atoms with Crippen molar-refractivity contribution in [1.29, 1.82) is 0 Å². The maximum Gasteiger partial charge on any atom is 0.191 e. The molecule has 2 N–H and O–H groups in total. The fourth-order valence-corrected chi connectivity index (χ4v) is 2.90. The van der Waals surface area contributed by atoms with Crippen molar-refractivity contribution in [2.45, 2.75) is 19.4 Å². The first-order valence-electron chi connectivity index (χ1n) is 7.99. The highest BCUT2D eigenvalue weighted by Crippen LogP contribution is 2.26. The van der Waals surface area contributed by atoms with Crippen LogP contribution >= 0.6 is 11.3 Å². The first kappa shape index (κ1) is 18.1. The van der Waals surface area contributed by atoms with Crippen LogP contribution < -0.4 is 20.1 Å². The molecular weight excluding hydrogens is 322 g/mol. The van der Waals surface area contributed by atoms with Crippen molar-refractivity contribution < 1.29 is 9.47 Å². The lowest BCUT2D eigenvalue weighted by atomic mass is 10.3. The molecule has 2 aromatic rings. The molecule has 1 unspecified atom stereocenters. The monoisotopic (exact) mass is 347 g/mol. The first-order chi connectivity index (χ1) is 11.7. The summed E-state index contributed by atoms with van der Waals surface area (Å²) in [5.74, 6) is 2.26. The maximum atomic E-state index is 5.93. The zero-order valence-corrected chi connectivity index (χ0v) is 15.2. The minimum Gasteiger partial charge on any atom is -0.493 e. The molecule has 24 heavy (non-hydrogen) atoms. The predicted octanol–water partition coefficient (Wildman–Crippen LogP) is 2.93. The highest BCUT2D eigenvalue weighted by atomic mass is 32.1. The van der Waals surface area contributed by atoms with Gasteiger partial charge in [-0.3, -0.25) is 4.99 Å². The van der Waals surface area contributed by atoms with Crippen molar-refractivity contribution in [1.82, 2.24) is 10.6 Å². The van der Waals surface area contributed by atoms with E-state index in [2.05, 4.69) is 33.1 Å². The molecule has 0 aliphatic carbocycles. The van der Waals surface area contributed by atoms with E-state index in [4.69, 9.17) is 9.47 Å². The van der Waals surface area contributed by atoms with E-state index >= 15 is 0 Å². The van der Waals surface area contributed by atoms with Gasteiger partial charge in [-0.2, -0.15) is 0 Å². The molecule has 2 rings (SSSR count). The minimum absolute atomic E-state index is 0.0165. The highest BCUT2D eigenvalue weighted by molar-refractivity contribution is 7.09. The van der Waals surface area contributed by atoms with Gasteiger partial charge in [0.25, 0.3) is 0 Å². The lowest BCUT2D eigenvalue weighted by Gasteiger charge is -2.19. The van der Waals surface area contributed by atoms with Crippen LogP contribution in [0.5, 0.6) is 11.5 Å². The normalized spacial score (nSPS) is 12.5. The zero-order valence-electron chi connectivity index (χ0n) is 14.4. The van der Waals surface area contributed by atoms with E-state index in [9.17, 15) is 0 Å². The van der Waals surface area contributed by atoms with Crippen LogP contribution in [0.2, 0.25) is 0 Å². The van der Waals surface area contributed by atoms with Gasteiger partial charge in [0.05, 0.1) is 13.7 Å². The average molecular weight is 347 g/mol. The molecule has 0 bridgehead atoms. The molecule has 0 fully saturated rings. The number of rotatable bonds is 8. The van der Waals surface area contributed by atoms with Gasteiger partial charge in [0.1, 0.15) is 6.10 Å². The van der Waals surface area contributed by atoms with E-state index < -0.39 is 0 Å². The summed E-state index contributed by atoms with van der Waals surface area (Å²) in [6.07, 6.45) is 0.975. The molecule has 0 saturated heterocycles. The molecule has 1 aromatic heterocycles. The van der Waals surface area contributed by atoms with Crippen LogP contribution in [0.3, 0.4) is 0 Å². The molecule has 0 radical (unpaired) electrons. The van der Waals surface area contributed by atoms with Crippen LogP contribution in [0.25, 0.3) is 0 Å². The number of guanidine groups is 1. The SMILES string of the molecule is CN=C(NCCc1cccs1)NCC(C)Oc1ccccc1OC. The fourth-order valence-electron chi connectivity index (χ4n) is 2.19.